The van der Waals surface area contributed by atoms with Gasteiger partial charge in [-0.25, -0.2) is 0 Å². The summed E-state index contributed by atoms with van der Waals surface area (Å²) in [5.41, 5.74) is 9.62. The Balaban J connectivity index is 2.22. The molecule has 2 aliphatic rings. The molecule has 1 aliphatic heterocycles. The monoisotopic (exact) mass is 326 g/mol. The number of ether oxygens (including phenoxy) is 1. The van der Waals surface area contributed by atoms with Crippen LogP contribution >= 0.6 is 0 Å². The Hall–Kier alpha value is -2.55. The number of nitrogens with zero attached hydrogens (tertiary/aromatic N) is 3. The number of hydrogen-bond acceptors (Lipinski definition) is 5. The van der Waals surface area contributed by atoms with Crippen molar-refractivity contribution in [2.75, 3.05) is 0 Å². The molecule has 1 aliphatic carbocycles. The van der Waals surface area contributed by atoms with E-state index < -0.39 is 5.92 Å². The highest BCUT2D eigenvalue weighted by atomic mass is 16.5. The fourth-order valence-electron chi connectivity index (χ4n) is 3.70. The maximum absolute atomic E-state index is 12.6. The lowest BCUT2D eigenvalue weighted by Crippen LogP contribution is -2.28. The molecule has 6 heteroatoms. The van der Waals surface area contributed by atoms with Gasteiger partial charge in [0, 0.05) is 36.2 Å². The highest BCUT2D eigenvalue weighted by Crippen LogP contribution is 2.45. The Kier molecular flexibility index (Phi) is 4.18. The van der Waals surface area contributed by atoms with Crippen LogP contribution in [0.25, 0.3) is 0 Å². The molecule has 2 N–H and O–H groups in total. The van der Waals surface area contributed by atoms with Crippen molar-refractivity contribution < 1.29 is 9.53 Å². The molecule has 0 spiro atoms. The second-order valence-corrected chi connectivity index (χ2v) is 6.35. The van der Waals surface area contributed by atoms with Crippen molar-refractivity contribution in [3.63, 3.8) is 0 Å². The molecule has 2 heterocycles. The largest absolute Gasteiger partial charge is 0.444 e. The molecule has 0 saturated heterocycles. The summed E-state index contributed by atoms with van der Waals surface area (Å²) in [5, 5.41) is 14.2. The molecule has 0 radical (unpaired) electrons. The van der Waals surface area contributed by atoms with Gasteiger partial charge >= 0.3 is 0 Å². The van der Waals surface area contributed by atoms with Crippen LogP contribution in [0.4, 0.5) is 0 Å². The predicted octanol–water partition coefficient (Wildman–Crippen LogP) is 2.72. The van der Waals surface area contributed by atoms with Crippen molar-refractivity contribution in [1.29, 1.82) is 5.26 Å². The predicted molar refractivity (Wildman–Crippen MR) is 88.5 cm³/mol. The number of Topliss-reactive ketones (excluding diaryl/α,β-unsaturated/α-hetero) is 1. The third-order valence-electron chi connectivity index (χ3n) is 4.77. The summed E-state index contributed by atoms with van der Waals surface area (Å²) in [5.74, 6) is 0.313. The van der Waals surface area contributed by atoms with Crippen LogP contribution in [-0.4, -0.2) is 15.6 Å². The second kappa shape index (κ2) is 6.16. The molecule has 1 aromatic heterocycles. The minimum absolute atomic E-state index is 0.0449. The number of rotatable bonds is 3. The first kappa shape index (κ1) is 16.3. The lowest BCUT2D eigenvalue weighted by Gasteiger charge is -2.31. The van der Waals surface area contributed by atoms with Crippen molar-refractivity contribution >= 4 is 5.78 Å². The van der Waals surface area contributed by atoms with E-state index in [0.29, 0.717) is 29.7 Å². The molecular formula is C18H22N4O2. The standard InChI is InChI=1S/C18H22N4O2/c1-4-8-22-11(3)15(10(2)21-22)16-12(9-19)18(20)24-14-7-5-6-13(23)17(14)16/h16H,4-8,20H2,1-3H3. The van der Waals surface area contributed by atoms with E-state index in [1.54, 1.807) is 0 Å². The molecular weight excluding hydrogens is 304 g/mol. The third-order valence-corrected chi connectivity index (χ3v) is 4.77. The molecule has 0 amide bonds. The Bertz CT molecular complexity index is 808. The number of aryl methyl sites for hydroxylation is 2. The highest BCUT2D eigenvalue weighted by molar-refractivity contribution is 5.99. The first-order valence-electron chi connectivity index (χ1n) is 8.37. The Labute approximate surface area is 141 Å². The van der Waals surface area contributed by atoms with Gasteiger partial charge in [-0.15, -0.1) is 0 Å². The van der Waals surface area contributed by atoms with Gasteiger partial charge in [-0.05, 0) is 26.7 Å². The number of hydrogen-bond donors (Lipinski definition) is 1. The van der Waals surface area contributed by atoms with E-state index in [9.17, 15) is 10.1 Å². The van der Waals surface area contributed by atoms with Crippen LogP contribution in [0.2, 0.25) is 0 Å². The fourth-order valence-corrected chi connectivity index (χ4v) is 3.70. The number of aromatic nitrogens is 2. The number of ketones is 1. The summed E-state index contributed by atoms with van der Waals surface area (Å²) >= 11 is 0. The van der Waals surface area contributed by atoms with Crippen LogP contribution in [-0.2, 0) is 16.1 Å². The smallest absolute Gasteiger partial charge is 0.205 e. The van der Waals surface area contributed by atoms with Crippen LogP contribution in [0.5, 0.6) is 0 Å². The number of carbonyl (C=O) groups is 1. The number of nitrogens with two attached hydrogens (primary N) is 1. The van der Waals surface area contributed by atoms with Gasteiger partial charge in [-0.1, -0.05) is 6.92 Å². The lowest BCUT2D eigenvalue weighted by atomic mass is 9.77. The average molecular weight is 326 g/mol. The zero-order valence-corrected chi connectivity index (χ0v) is 14.3. The molecule has 3 rings (SSSR count). The summed E-state index contributed by atoms with van der Waals surface area (Å²) in [6.45, 7) is 6.80. The average Bonchev–Trinajstić information content (AvgIpc) is 2.81. The van der Waals surface area contributed by atoms with Gasteiger partial charge in [0.15, 0.2) is 5.78 Å². The number of allylic oxidation sites excluding steroid dienone is 3. The Morgan fingerprint density at radius 2 is 2.17 bits per heavy atom. The van der Waals surface area contributed by atoms with Gasteiger partial charge in [-0.2, -0.15) is 10.4 Å². The summed E-state index contributed by atoms with van der Waals surface area (Å²) in [6, 6.07) is 2.16. The van der Waals surface area contributed by atoms with Crippen LogP contribution in [0.15, 0.2) is 22.8 Å². The molecule has 1 unspecified atom stereocenters. The van der Waals surface area contributed by atoms with Crippen LogP contribution < -0.4 is 5.73 Å². The van der Waals surface area contributed by atoms with E-state index in [4.69, 9.17) is 10.5 Å². The Morgan fingerprint density at radius 3 is 2.83 bits per heavy atom. The van der Waals surface area contributed by atoms with E-state index in [2.05, 4.69) is 18.1 Å². The van der Waals surface area contributed by atoms with Gasteiger partial charge in [0.25, 0.3) is 0 Å². The zero-order chi connectivity index (χ0) is 17.4. The number of nitriles is 1. The molecule has 0 fully saturated rings. The molecule has 0 saturated carbocycles. The molecule has 0 aromatic carbocycles. The molecule has 0 bridgehead atoms. The van der Waals surface area contributed by atoms with Gasteiger partial charge in [0.05, 0.1) is 11.6 Å². The summed E-state index contributed by atoms with van der Waals surface area (Å²) in [6.07, 6.45) is 2.88. The van der Waals surface area contributed by atoms with Crippen molar-refractivity contribution in [3.8, 4) is 6.07 Å². The first-order chi connectivity index (χ1) is 11.5. The van der Waals surface area contributed by atoms with E-state index in [1.165, 1.54) is 0 Å². The van der Waals surface area contributed by atoms with Crippen molar-refractivity contribution in [2.45, 2.75) is 58.9 Å². The molecule has 6 nitrogen and oxygen atoms in total. The Morgan fingerprint density at radius 1 is 1.42 bits per heavy atom. The molecule has 24 heavy (non-hydrogen) atoms. The normalized spacial score (nSPS) is 20.8. The maximum atomic E-state index is 12.6. The highest BCUT2D eigenvalue weighted by Gasteiger charge is 2.40. The van der Waals surface area contributed by atoms with Gasteiger partial charge in [0.2, 0.25) is 5.88 Å². The summed E-state index contributed by atoms with van der Waals surface area (Å²) in [4.78, 5) is 12.6. The topological polar surface area (TPSA) is 93.9 Å². The van der Waals surface area contributed by atoms with E-state index >= 15 is 0 Å². The number of carbonyl (C=O) groups excluding carboxylic acids is 1. The molecule has 1 atom stereocenters. The van der Waals surface area contributed by atoms with Crippen molar-refractivity contribution in [2.24, 2.45) is 5.73 Å². The summed E-state index contributed by atoms with van der Waals surface area (Å²) < 4.78 is 7.56. The SMILES string of the molecule is CCCn1nc(C)c(C2C(C#N)=C(N)OC3=C2C(=O)CCC3)c1C. The summed E-state index contributed by atoms with van der Waals surface area (Å²) in [7, 11) is 0. The van der Waals surface area contributed by atoms with E-state index in [1.807, 2.05) is 18.5 Å². The third kappa shape index (κ3) is 2.41. The fraction of sp³-hybridized carbons (Fsp3) is 0.500. The quantitative estimate of drug-likeness (QED) is 0.921. The van der Waals surface area contributed by atoms with E-state index in [0.717, 1.165) is 36.3 Å². The minimum atomic E-state index is -0.461. The maximum Gasteiger partial charge on any atom is 0.205 e. The van der Waals surface area contributed by atoms with Crippen molar-refractivity contribution in [3.05, 3.63) is 39.7 Å². The van der Waals surface area contributed by atoms with Crippen LogP contribution in [0, 0.1) is 25.2 Å². The van der Waals surface area contributed by atoms with Crippen molar-refractivity contribution in [1.82, 2.24) is 9.78 Å². The van der Waals surface area contributed by atoms with Gasteiger partial charge in [-0.3, -0.25) is 9.48 Å². The van der Waals surface area contributed by atoms with Crippen LogP contribution in [0.3, 0.4) is 0 Å². The molecule has 126 valence electrons. The first-order valence-corrected chi connectivity index (χ1v) is 8.37. The second-order valence-electron chi connectivity index (χ2n) is 6.35. The lowest BCUT2D eigenvalue weighted by molar-refractivity contribution is -0.116. The zero-order valence-electron chi connectivity index (χ0n) is 14.3. The van der Waals surface area contributed by atoms with E-state index in [-0.39, 0.29) is 11.7 Å². The minimum Gasteiger partial charge on any atom is -0.444 e. The molecule has 1 aromatic rings. The van der Waals surface area contributed by atoms with Gasteiger partial charge < -0.3 is 10.5 Å². The van der Waals surface area contributed by atoms with Gasteiger partial charge in [0.1, 0.15) is 17.4 Å². The van der Waals surface area contributed by atoms with Crippen LogP contribution in [0.1, 0.15) is 55.5 Å².